The molecule has 0 rings (SSSR count). The molecule has 0 radical (unpaired) electrons. The van der Waals surface area contributed by atoms with Gasteiger partial charge in [-0.05, 0) is 6.92 Å². The summed E-state index contributed by atoms with van der Waals surface area (Å²) in [6.07, 6.45) is -0.00792. The Balaban J connectivity index is 3.12. The Morgan fingerprint density at radius 1 is 0.900 bits per heavy atom. The molecule has 7 heteroatoms. The van der Waals surface area contributed by atoms with Gasteiger partial charge < -0.3 is 24.1 Å². The smallest absolute Gasteiger partial charge is 0.333 e. The predicted molar refractivity (Wildman–Crippen MR) is 70.5 cm³/mol. The van der Waals surface area contributed by atoms with Gasteiger partial charge in [-0.3, -0.25) is 4.79 Å². The van der Waals surface area contributed by atoms with Gasteiger partial charge >= 0.3 is 11.9 Å². The molecule has 0 aliphatic carbocycles. The number of esters is 1. The van der Waals surface area contributed by atoms with Gasteiger partial charge in [-0.1, -0.05) is 6.58 Å². The molecule has 0 spiro atoms. The van der Waals surface area contributed by atoms with Crippen LogP contribution in [0.15, 0.2) is 12.2 Å². The minimum atomic E-state index is -0.883. The van der Waals surface area contributed by atoms with Gasteiger partial charge in [-0.2, -0.15) is 0 Å². The third-order valence-electron chi connectivity index (χ3n) is 2.01. The third-order valence-corrected chi connectivity index (χ3v) is 2.01. The van der Waals surface area contributed by atoms with E-state index < -0.39 is 11.9 Å². The quantitative estimate of drug-likeness (QED) is 0.302. The van der Waals surface area contributed by atoms with Crippen LogP contribution < -0.4 is 0 Å². The van der Waals surface area contributed by atoms with Crippen LogP contribution in [0.2, 0.25) is 0 Å². The molecule has 0 aliphatic heterocycles. The third kappa shape index (κ3) is 13.0. The highest BCUT2D eigenvalue weighted by Crippen LogP contribution is 1.91. The first-order valence-corrected chi connectivity index (χ1v) is 6.31. The lowest BCUT2D eigenvalue weighted by Crippen LogP contribution is -2.14. The van der Waals surface area contributed by atoms with Gasteiger partial charge in [0.15, 0.2) is 0 Å². The number of carbonyl (C=O) groups is 2. The molecule has 0 heterocycles. The molecule has 0 fully saturated rings. The van der Waals surface area contributed by atoms with Crippen LogP contribution in [0.4, 0.5) is 0 Å². The molecule has 0 saturated heterocycles. The second kappa shape index (κ2) is 12.6. The first-order chi connectivity index (χ1) is 9.54. The normalized spacial score (nSPS) is 10.2. The lowest BCUT2D eigenvalue weighted by molar-refractivity contribution is -0.141. The van der Waals surface area contributed by atoms with Crippen LogP contribution in [0.1, 0.15) is 13.3 Å². The number of carboxylic acids is 1. The second-order valence-electron chi connectivity index (χ2n) is 3.90. The Hall–Kier alpha value is -1.44. The number of carboxylic acid groups (broad SMARTS) is 1. The van der Waals surface area contributed by atoms with Crippen molar-refractivity contribution < 1.29 is 33.6 Å². The van der Waals surface area contributed by atoms with Crippen molar-refractivity contribution in [3.63, 3.8) is 0 Å². The molecule has 1 N–H and O–H groups in total. The molecular formula is C13H22O7. The second-order valence-corrected chi connectivity index (χ2v) is 3.90. The van der Waals surface area contributed by atoms with Crippen molar-refractivity contribution in [3.8, 4) is 0 Å². The van der Waals surface area contributed by atoms with Crippen LogP contribution in [0.5, 0.6) is 0 Å². The maximum absolute atomic E-state index is 11.0. The van der Waals surface area contributed by atoms with Gasteiger partial charge in [0.25, 0.3) is 0 Å². The van der Waals surface area contributed by atoms with Crippen molar-refractivity contribution in [1.29, 1.82) is 0 Å². The average Bonchev–Trinajstić information content (AvgIpc) is 2.39. The largest absolute Gasteiger partial charge is 0.481 e. The molecule has 7 nitrogen and oxygen atoms in total. The maximum atomic E-state index is 11.0. The fourth-order valence-corrected chi connectivity index (χ4v) is 1.02. The summed E-state index contributed by atoms with van der Waals surface area (Å²) in [5.41, 5.74) is 0.358. The summed E-state index contributed by atoms with van der Waals surface area (Å²) < 4.78 is 20.2. The van der Waals surface area contributed by atoms with E-state index in [1.165, 1.54) is 0 Å². The molecular weight excluding hydrogens is 268 g/mol. The van der Waals surface area contributed by atoms with Gasteiger partial charge in [-0.15, -0.1) is 0 Å². The Labute approximate surface area is 118 Å². The summed E-state index contributed by atoms with van der Waals surface area (Å²) in [4.78, 5) is 21.2. The van der Waals surface area contributed by atoms with Crippen LogP contribution in [0, 0.1) is 0 Å². The minimum Gasteiger partial charge on any atom is -0.481 e. The minimum absolute atomic E-state index is 0.00792. The van der Waals surface area contributed by atoms with Gasteiger partial charge in [0, 0.05) is 5.57 Å². The highest BCUT2D eigenvalue weighted by molar-refractivity contribution is 5.86. The summed E-state index contributed by atoms with van der Waals surface area (Å²) in [5.74, 6) is -1.31. The number of ether oxygens (including phenoxy) is 4. The standard InChI is InChI=1S/C13H22O7/c1-11(2)13(16)20-10-9-19-8-7-18-6-5-17-4-3-12(14)15/h1,3-10H2,2H3,(H,14,15). The molecule has 0 amide bonds. The Morgan fingerprint density at radius 2 is 1.35 bits per heavy atom. The maximum Gasteiger partial charge on any atom is 0.333 e. The van der Waals surface area contributed by atoms with Crippen LogP contribution in [0.25, 0.3) is 0 Å². The average molecular weight is 290 g/mol. The zero-order chi connectivity index (χ0) is 15.2. The fraction of sp³-hybridized carbons (Fsp3) is 0.692. The van der Waals surface area contributed by atoms with Crippen LogP contribution in [-0.2, 0) is 28.5 Å². The first kappa shape index (κ1) is 18.6. The lowest BCUT2D eigenvalue weighted by Gasteiger charge is -2.07. The van der Waals surface area contributed by atoms with E-state index in [1.54, 1.807) is 6.92 Å². The molecule has 0 saturated carbocycles. The lowest BCUT2D eigenvalue weighted by atomic mass is 10.4. The van der Waals surface area contributed by atoms with E-state index >= 15 is 0 Å². The van der Waals surface area contributed by atoms with Crippen molar-refractivity contribution in [2.45, 2.75) is 13.3 Å². The van der Waals surface area contributed by atoms with Gasteiger partial charge in [0.2, 0.25) is 0 Å². The Morgan fingerprint density at radius 3 is 1.80 bits per heavy atom. The summed E-state index contributed by atoms with van der Waals surface area (Å²) in [6.45, 7) is 7.23. The van der Waals surface area contributed by atoms with E-state index in [2.05, 4.69) is 6.58 Å². The van der Waals surface area contributed by atoms with E-state index in [-0.39, 0.29) is 19.6 Å². The van der Waals surface area contributed by atoms with Crippen LogP contribution in [0.3, 0.4) is 0 Å². The summed E-state index contributed by atoms with van der Waals surface area (Å²) >= 11 is 0. The molecule has 0 aromatic rings. The Kier molecular flexibility index (Phi) is 11.7. The zero-order valence-electron chi connectivity index (χ0n) is 11.8. The SMILES string of the molecule is C=C(C)C(=O)OCCOCCOCCOCCC(=O)O. The topological polar surface area (TPSA) is 91.3 Å². The van der Waals surface area contributed by atoms with Gasteiger partial charge in [0.05, 0.1) is 46.1 Å². The predicted octanol–water partition coefficient (Wildman–Crippen LogP) is 0.630. The molecule has 0 bridgehead atoms. The van der Waals surface area contributed by atoms with Gasteiger partial charge in [-0.25, -0.2) is 4.79 Å². The molecule has 0 unspecified atom stereocenters. The highest BCUT2D eigenvalue weighted by Gasteiger charge is 2.01. The zero-order valence-corrected chi connectivity index (χ0v) is 11.8. The number of hydrogen-bond acceptors (Lipinski definition) is 6. The first-order valence-electron chi connectivity index (χ1n) is 6.31. The Bertz CT molecular complexity index is 301. The van der Waals surface area contributed by atoms with E-state index in [0.717, 1.165) is 0 Å². The van der Waals surface area contributed by atoms with Crippen molar-refractivity contribution in [1.82, 2.24) is 0 Å². The van der Waals surface area contributed by atoms with Crippen molar-refractivity contribution >= 4 is 11.9 Å². The van der Waals surface area contributed by atoms with Crippen molar-refractivity contribution in [2.24, 2.45) is 0 Å². The molecule has 116 valence electrons. The number of rotatable bonds is 13. The summed E-state index contributed by atoms with van der Waals surface area (Å²) in [7, 11) is 0. The summed E-state index contributed by atoms with van der Waals surface area (Å²) in [5, 5.41) is 8.36. The highest BCUT2D eigenvalue weighted by atomic mass is 16.6. The molecule has 0 aromatic carbocycles. The van der Waals surface area contributed by atoms with E-state index in [1.807, 2.05) is 0 Å². The number of hydrogen-bond donors (Lipinski definition) is 1. The number of aliphatic carboxylic acids is 1. The van der Waals surface area contributed by atoms with Crippen molar-refractivity contribution in [2.75, 3.05) is 46.2 Å². The van der Waals surface area contributed by atoms with Crippen LogP contribution in [-0.4, -0.2) is 63.3 Å². The molecule has 0 atom stereocenters. The monoisotopic (exact) mass is 290 g/mol. The number of carbonyl (C=O) groups excluding carboxylic acids is 1. The van der Waals surface area contributed by atoms with Crippen molar-refractivity contribution in [3.05, 3.63) is 12.2 Å². The van der Waals surface area contributed by atoms with Gasteiger partial charge in [0.1, 0.15) is 6.61 Å². The molecule has 20 heavy (non-hydrogen) atoms. The van der Waals surface area contributed by atoms with E-state index in [4.69, 9.17) is 24.1 Å². The molecule has 0 aromatic heterocycles. The van der Waals surface area contributed by atoms with E-state index in [9.17, 15) is 9.59 Å². The summed E-state index contributed by atoms with van der Waals surface area (Å²) in [6, 6.07) is 0. The van der Waals surface area contributed by atoms with E-state index in [0.29, 0.717) is 38.6 Å². The van der Waals surface area contributed by atoms with Crippen LogP contribution >= 0.6 is 0 Å². The fourth-order valence-electron chi connectivity index (χ4n) is 1.02. The molecule has 0 aliphatic rings.